The Labute approximate surface area is 151 Å². The van der Waals surface area contributed by atoms with E-state index in [1.54, 1.807) is 11.3 Å². The number of aliphatic imine (C=N–C) groups is 1. The molecule has 0 aliphatic carbocycles. The molecule has 5 nitrogen and oxygen atoms in total. The minimum absolute atomic E-state index is 0.740. The maximum Gasteiger partial charge on any atom is 0.194 e. The van der Waals surface area contributed by atoms with E-state index in [9.17, 15) is 0 Å². The third-order valence-electron chi connectivity index (χ3n) is 4.23. The minimum atomic E-state index is 0.740. The Balaban J connectivity index is 1.88. The van der Waals surface area contributed by atoms with Crippen molar-refractivity contribution in [2.75, 3.05) is 45.8 Å². The van der Waals surface area contributed by atoms with Crippen molar-refractivity contribution < 1.29 is 0 Å². The molecule has 1 aliphatic rings. The van der Waals surface area contributed by atoms with Crippen LogP contribution in [0.5, 0.6) is 0 Å². The van der Waals surface area contributed by atoms with Crippen molar-refractivity contribution in [1.82, 2.24) is 20.1 Å². The minimum Gasteiger partial charge on any atom is -0.357 e. The summed E-state index contributed by atoms with van der Waals surface area (Å²) in [5, 5.41) is 4.61. The molecule has 0 saturated carbocycles. The van der Waals surface area contributed by atoms with Gasteiger partial charge in [0.1, 0.15) is 0 Å². The molecule has 1 aromatic heterocycles. The van der Waals surface area contributed by atoms with Gasteiger partial charge in [0.15, 0.2) is 5.96 Å². The first kappa shape index (κ1) is 19.2. The number of aryl methyl sites for hydroxylation is 2. The second-order valence-electron chi connectivity index (χ2n) is 6.91. The molecule has 6 heteroatoms. The average Bonchev–Trinajstić information content (AvgIpc) is 2.84. The van der Waals surface area contributed by atoms with Crippen molar-refractivity contribution in [2.24, 2.45) is 10.9 Å². The summed E-state index contributed by atoms with van der Waals surface area (Å²) in [6.07, 6.45) is 0.986. The van der Waals surface area contributed by atoms with Gasteiger partial charge in [-0.1, -0.05) is 13.8 Å². The summed E-state index contributed by atoms with van der Waals surface area (Å²) in [5.74, 6) is 1.81. The first-order chi connectivity index (χ1) is 11.5. The number of rotatable bonds is 6. The molecule has 0 unspecified atom stereocenters. The predicted octanol–water partition coefficient (Wildman–Crippen LogP) is 2.54. The Kier molecular flexibility index (Phi) is 7.49. The van der Waals surface area contributed by atoms with Crippen LogP contribution in [0.4, 0.5) is 0 Å². The number of aromatic nitrogens is 1. The molecule has 1 N–H and O–H groups in total. The fourth-order valence-corrected chi connectivity index (χ4v) is 4.08. The van der Waals surface area contributed by atoms with Crippen molar-refractivity contribution in [2.45, 2.75) is 41.0 Å². The summed E-state index contributed by atoms with van der Waals surface area (Å²) < 4.78 is 0. The standard InChI is InChI=1S/C18H33N5S/c1-6-19-18(20-8-7-17-15(4)21-16(5)24-17)23-11-9-22(10-12-23)13-14(2)3/h14H,6-13H2,1-5H3,(H,19,20). The second-order valence-corrected chi connectivity index (χ2v) is 8.20. The summed E-state index contributed by atoms with van der Waals surface area (Å²) in [6.45, 7) is 18.3. The number of hydrogen-bond acceptors (Lipinski definition) is 4. The van der Waals surface area contributed by atoms with E-state index in [4.69, 9.17) is 4.99 Å². The Hall–Kier alpha value is -1.14. The molecule has 0 amide bonds. The molecule has 1 fully saturated rings. The Morgan fingerprint density at radius 2 is 1.96 bits per heavy atom. The smallest absolute Gasteiger partial charge is 0.194 e. The molecule has 0 radical (unpaired) electrons. The van der Waals surface area contributed by atoms with E-state index in [0.717, 1.165) is 62.6 Å². The number of nitrogens with one attached hydrogen (secondary N) is 1. The van der Waals surface area contributed by atoms with Gasteiger partial charge < -0.3 is 10.2 Å². The fraction of sp³-hybridized carbons (Fsp3) is 0.778. The fourth-order valence-electron chi connectivity index (χ4n) is 3.15. The molecule has 1 aromatic rings. The van der Waals surface area contributed by atoms with Crippen molar-refractivity contribution >= 4 is 17.3 Å². The van der Waals surface area contributed by atoms with E-state index >= 15 is 0 Å². The Morgan fingerprint density at radius 3 is 2.50 bits per heavy atom. The first-order valence-electron chi connectivity index (χ1n) is 9.18. The van der Waals surface area contributed by atoms with Crippen LogP contribution in [0, 0.1) is 19.8 Å². The van der Waals surface area contributed by atoms with Crippen LogP contribution < -0.4 is 5.32 Å². The van der Waals surface area contributed by atoms with E-state index in [1.165, 1.54) is 17.1 Å². The van der Waals surface area contributed by atoms with Crippen LogP contribution in [-0.2, 0) is 6.42 Å². The number of nitrogens with zero attached hydrogens (tertiary/aromatic N) is 4. The monoisotopic (exact) mass is 351 g/mol. The van der Waals surface area contributed by atoms with Crippen LogP contribution >= 0.6 is 11.3 Å². The van der Waals surface area contributed by atoms with Gasteiger partial charge in [0.25, 0.3) is 0 Å². The number of thiazole rings is 1. The highest BCUT2D eigenvalue weighted by atomic mass is 32.1. The molecular weight excluding hydrogens is 318 g/mol. The average molecular weight is 352 g/mol. The highest BCUT2D eigenvalue weighted by molar-refractivity contribution is 7.11. The van der Waals surface area contributed by atoms with Crippen LogP contribution in [0.25, 0.3) is 0 Å². The van der Waals surface area contributed by atoms with Gasteiger partial charge in [-0.25, -0.2) is 4.98 Å². The maximum atomic E-state index is 4.86. The maximum absolute atomic E-state index is 4.86. The lowest BCUT2D eigenvalue weighted by Gasteiger charge is -2.37. The molecular formula is C18H33N5S. The largest absolute Gasteiger partial charge is 0.357 e. The number of guanidine groups is 1. The molecule has 1 saturated heterocycles. The zero-order chi connectivity index (χ0) is 17.5. The zero-order valence-corrected chi connectivity index (χ0v) is 16.7. The molecule has 0 atom stereocenters. The van der Waals surface area contributed by atoms with Crippen LogP contribution in [0.3, 0.4) is 0 Å². The SMILES string of the molecule is CCNC(=NCCc1sc(C)nc1C)N1CCN(CC(C)C)CC1. The summed E-state index contributed by atoms with van der Waals surface area (Å²) >= 11 is 1.80. The van der Waals surface area contributed by atoms with Crippen molar-refractivity contribution in [3.05, 3.63) is 15.6 Å². The van der Waals surface area contributed by atoms with Gasteiger partial charge in [-0.3, -0.25) is 9.89 Å². The quantitative estimate of drug-likeness (QED) is 0.632. The molecule has 136 valence electrons. The molecule has 0 bridgehead atoms. The normalized spacial score (nSPS) is 16.9. The number of piperazine rings is 1. The molecule has 0 spiro atoms. The number of hydrogen-bond donors (Lipinski definition) is 1. The van der Waals surface area contributed by atoms with Crippen LogP contribution in [-0.4, -0.2) is 66.6 Å². The first-order valence-corrected chi connectivity index (χ1v) is 9.99. The van der Waals surface area contributed by atoms with E-state index < -0.39 is 0 Å². The lowest BCUT2D eigenvalue weighted by atomic mass is 10.2. The molecule has 2 heterocycles. The Morgan fingerprint density at radius 1 is 1.25 bits per heavy atom. The summed E-state index contributed by atoms with van der Waals surface area (Å²) in [5.41, 5.74) is 1.17. The van der Waals surface area contributed by atoms with E-state index in [2.05, 4.69) is 54.7 Å². The van der Waals surface area contributed by atoms with Gasteiger partial charge in [0.2, 0.25) is 0 Å². The van der Waals surface area contributed by atoms with E-state index in [1.807, 2.05) is 0 Å². The van der Waals surface area contributed by atoms with Gasteiger partial charge >= 0.3 is 0 Å². The predicted molar refractivity (Wildman–Crippen MR) is 104 cm³/mol. The van der Waals surface area contributed by atoms with Gasteiger partial charge in [-0.2, -0.15) is 0 Å². The van der Waals surface area contributed by atoms with E-state index in [0.29, 0.717) is 0 Å². The van der Waals surface area contributed by atoms with Crippen molar-refractivity contribution in [3.63, 3.8) is 0 Å². The third-order valence-corrected chi connectivity index (χ3v) is 5.36. The van der Waals surface area contributed by atoms with Gasteiger partial charge in [-0.15, -0.1) is 11.3 Å². The van der Waals surface area contributed by atoms with Crippen LogP contribution in [0.1, 0.15) is 36.3 Å². The van der Waals surface area contributed by atoms with Gasteiger partial charge in [0.05, 0.1) is 10.7 Å². The molecule has 2 rings (SSSR count). The molecule has 0 aromatic carbocycles. The summed E-state index contributed by atoms with van der Waals surface area (Å²) in [4.78, 5) is 15.7. The second kappa shape index (κ2) is 9.37. The summed E-state index contributed by atoms with van der Waals surface area (Å²) in [6, 6.07) is 0. The van der Waals surface area contributed by atoms with Crippen molar-refractivity contribution in [3.8, 4) is 0 Å². The van der Waals surface area contributed by atoms with Crippen LogP contribution in [0.2, 0.25) is 0 Å². The van der Waals surface area contributed by atoms with Crippen molar-refractivity contribution in [1.29, 1.82) is 0 Å². The van der Waals surface area contributed by atoms with Gasteiger partial charge in [0, 0.05) is 57.1 Å². The summed E-state index contributed by atoms with van der Waals surface area (Å²) in [7, 11) is 0. The third kappa shape index (κ3) is 5.74. The highest BCUT2D eigenvalue weighted by Crippen LogP contribution is 2.17. The van der Waals surface area contributed by atoms with Gasteiger partial charge in [-0.05, 0) is 26.7 Å². The lowest BCUT2D eigenvalue weighted by Crippen LogP contribution is -2.53. The molecule has 1 aliphatic heterocycles. The highest BCUT2D eigenvalue weighted by Gasteiger charge is 2.19. The Bertz CT molecular complexity index is 530. The topological polar surface area (TPSA) is 43.8 Å². The van der Waals surface area contributed by atoms with Crippen LogP contribution in [0.15, 0.2) is 4.99 Å². The molecule has 24 heavy (non-hydrogen) atoms. The lowest BCUT2D eigenvalue weighted by molar-refractivity contribution is 0.164. The zero-order valence-electron chi connectivity index (χ0n) is 15.9. The van der Waals surface area contributed by atoms with E-state index in [-0.39, 0.29) is 0 Å².